The Balaban J connectivity index is 1.47. The molecule has 32 heavy (non-hydrogen) atoms. The largest absolute Gasteiger partial charge is 0.489 e. The maximum atomic E-state index is 13.1. The number of amides is 1. The summed E-state index contributed by atoms with van der Waals surface area (Å²) in [6.07, 6.45) is 1.83. The number of ether oxygens (including phenoxy) is 1. The normalized spacial score (nSPS) is 10.5. The number of carbonyl (C=O) groups excluding carboxylic acids is 1. The number of rotatable bonds is 9. The Morgan fingerprint density at radius 3 is 2.03 bits per heavy atom. The van der Waals surface area contributed by atoms with Crippen LogP contribution in [0.3, 0.4) is 0 Å². The molecule has 3 heteroatoms. The molecule has 0 spiro atoms. The van der Waals surface area contributed by atoms with Crippen LogP contribution in [-0.4, -0.2) is 12.5 Å². The maximum absolute atomic E-state index is 13.1. The molecule has 1 amide bonds. The SMILES string of the molecule is O=C(NCCCc1ccccc1)c1cc(OCc2ccccc2)ccc1-c1ccccc1. The second kappa shape index (κ2) is 11.0. The number of carbonyl (C=O) groups is 1. The Morgan fingerprint density at radius 2 is 1.34 bits per heavy atom. The Morgan fingerprint density at radius 1 is 0.719 bits per heavy atom. The van der Waals surface area contributed by atoms with Crippen molar-refractivity contribution >= 4 is 5.91 Å². The summed E-state index contributed by atoms with van der Waals surface area (Å²) in [5.41, 5.74) is 4.91. The minimum Gasteiger partial charge on any atom is -0.489 e. The van der Waals surface area contributed by atoms with E-state index in [-0.39, 0.29) is 5.91 Å². The summed E-state index contributed by atoms with van der Waals surface area (Å²) in [5.74, 6) is 0.602. The molecule has 0 bridgehead atoms. The van der Waals surface area contributed by atoms with Gasteiger partial charge in [-0.3, -0.25) is 4.79 Å². The molecule has 160 valence electrons. The first-order valence-electron chi connectivity index (χ1n) is 11.0. The summed E-state index contributed by atoms with van der Waals surface area (Å²) in [4.78, 5) is 13.1. The van der Waals surface area contributed by atoms with Gasteiger partial charge in [0, 0.05) is 6.54 Å². The highest BCUT2D eigenvalue weighted by Crippen LogP contribution is 2.28. The van der Waals surface area contributed by atoms with Crippen molar-refractivity contribution in [3.8, 4) is 16.9 Å². The molecule has 0 aliphatic rings. The number of hydrogen-bond donors (Lipinski definition) is 1. The van der Waals surface area contributed by atoms with E-state index in [0.29, 0.717) is 24.5 Å². The molecule has 4 aromatic carbocycles. The molecule has 0 aliphatic carbocycles. The van der Waals surface area contributed by atoms with E-state index in [9.17, 15) is 4.79 Å². The molecule has 4 aromatic rings. The minimum absolute atomic E-state index is 0.0814. The van der Waals surface area contributed by atoms with E-state index in [1.54, 1.807) is 0 Å². The third-order valence-corrected chi connectivity index (χ3v) is 5.34. The van der Waals surface area contributed by atoms with Gasteiger partial charge in [-0.15, -0.1) is 0 Å². The van der Waals surface area contributed by atoms with Gasteiger partial charge in [0.15, 0.2) is 0 Å². The predicted molar refractivity (Wildman–Crippen MR) is 130 cm³/mol. The average Bonchev–Trinajstić information content (AvgIpc) is 2.87. The summed E-state index contributed by atoms with van der Waals surface area (Å²) < 4.78 is 5.98. The molecule has 0 aromatic heterocycles. The second-order valence-electron chi connectivity index (χ2n) is 7.69. The van der Waals surface area contributed by atoms with Gasteiger partial charge in [-0.1, -0.05) is 91.0 Å². The number of aryl methyl sites for hydroxylation is 1. The van der Waals surface area contributed by atoms with Crippen LogP contribution in [0.25, 0.3) is 11.1 Å². The number of hydrogen-bond acceptors (Lipinski definition) is 2. The van der Waals surface area contributed by atoms with Gasteiger partial charge in [0.1, 0.15) is 12.4 Å². The third-order valence-electron chi connectivity index (χ3n) is 5.34. The fraction of sp³-hybridized carbons (Fsp3) is 0.138. The lowest BCUT2D eigenvalue weighted by Gasteiger charge is -2.14. The van der Waals surface area contributed by atoms with Crippen molar-refractivity contribution in [3.05, 3.63) is 126 Å². The Hall–Kier alpha value is -3.85. The summed E-state index contributed by atoms with van der Waals surface area (Å²) in [7, 11) is 0. The standard InChI is InChI=1S/C29H27NO2/c31-29(30-20-10-15-23-11-4-1-5-12-23)28-21-26(32-22-24-13-6-2-7-14-24)18-19-27(28)25-16-8-3-9-17-25/h1-9,11-14,16-19,21H,10,15,20,22H2,(H,30,31). The van der Waals surface area contributed by atoms with E-state index >= 15 is 0 Å². The quantitative estimate of drug-likeness (QED) is 0.322. The molecule has 4 rings (SSSR count). The molecule has 0 radical (unpaired) electrons. The minimum atomic E-state index is -0.0814. The van der Waals surface area contributed by atoms with Gasteiger partial charge in [-0.05, 0) is 53.3 Å². The Labute approximate surface area is 189 Å². The first-order chi connectivity index (χ1) is 15.8. The zero-order valence-electron chi connectivity index (χ0n) is 18.0. The van der Waals surface area contributed by atoms with Gasteiger partial charge in [0.25, 0.3) is 5.91 Å². The van der Waals surface area contributed by atoms with Crippen molar-refractivity contribution in [1.29, 1.82) is 0 Å². The molecule has 0 unspecified atom stereocenters. The topological polar surface area (TPSA) is 38.3 Å². The molecule has 0 saturated carbocycles. The molecular formula is C29H27NO2. The smallest absolute Gasteiger partial charge is 0.252 e. The van der Waals surface area contributed by atoms with Crippen LogP contribution in [0.5, 0.6) is 5.75 Å². The fourth-order valence-electron chi connectivity index (χ4n) is 3.65. The van der Waals surface area contributed by atoms with Gasteiger partial charge >= 0.3 is 0 Å². The van der Waals surface area contributed by atoms with Gasteiger partial charge in [-0.2, -0.15) is 0 Å². The highest BCUT2D eigenvalue weighted by atomic mass is 16.5. The molecule has 0 aliphatic heterocycles. The van der Waals surface area contributed by atoms with Crippen molar-refractivity contribution in [2.75, 3.05) is 6.54 Å². The van der Waals surface area contributed by atoms with Crippen molar-refractivity contribution in [3.63, 3.8) is 0 Å². The molecule has 0 saturated heterocycles. The molecule has 1 N–H and O–H groups in total. The molecular weight excluding hydrogens is 394 g/mol. The molecule has 0 fully saturated rings. The van der Waals surface area contributed by atoms with Crippen LogP contribution in [0.15, 0.2) is 109 Å². The maximum Gasteiger partial charge on any atom is 0.252 e. The second-order valence-corrected chi connectivity index (χ2v) is 7.69. The zero-order valence-corrected chi connectivity index (χ0v) is 18.0. The molecule has 0 atom stereocenters. The lowest BCUT2D eigenvalue weighted by Crippen LogP contribution is -2.25. The van der Waals surface area contributed by atoms with E-state index in [1.165, 1.54) is 5.56 Å². The van der Waals surface area contributed by atoms with Crippen LogP contribution in [-0.2, 0) is 13.0 Å². The van der Waals surface area contributed by atoms with Crippen molar-refractivity contribution in [2.24, 2.45) is 0 Å². The molecule has 3 nitrogen and oxygen atoms in total. The van der Waals surface area contributed by atoms with E-state index in [1.807, 2.05) is 97.1 Å². The van der Waals surface area contributed by atoms with Gasteiger partial charge in [0.2, 0.25) is 0 Å². The van der Waals surface area contributed by atoms with Crippen LogP contribution in [0, 0.1) is 0 Å². The summed E-state index contributed by atoms with van der Waals surface area (Å²) >= 11 is 0. The van der Waals surface area contributed by atoms with Crippen molar-refractivity contribution < 1.29 is 9.53 Å². The first-order valence-corrected chi connectivity index (χ1v) is 11.0. The summed E-state index contributed by atoms with van der Waals surface area (Å²) in [6, 6.07) is 36.1. The van der Waals surface area contributed by atoms with E-state index in [0.717, 1.165) is 29.5 Å². The van der Waals surface area contributed by atoms with Crippen molar-refractivity contribution in [2.45, 2.75) is 19.4 Å². The predicted octanol–water partition coefficient (Wildman–Crippen LogP) is 6.30. The van der Waals surface area contributed by atoms with Crippen LogP contribution < -0.4 is 10.1 Å². The Kier molecular flexibility index (Phi) is 7.33. The number of benzene rings is 4. The van der Waals surface area contributed by atoms with Crippen LogP contribution in [0.1, 0.15) is 27.9 Å². The highest BCUT2D eigenvalue weighted by Gasteiger charge is 2.14. The zero-order chi connectivity index (χ0) is 22.0. The van der Waals surface area contributed by atoms with E-state index < -0.39 is 0 Å². The van der Waals surface area contributed by atoms with Crippen LogP contribution in [0.2, 0.25) is 0 Å². The van der Waals surface area contributed by atoms with Gasteiger partial charge in [-0.25, -0.2) is 0 Å². The van der Waals surface area contributed by atoms with E-state index in [4.69, 9.17) is 4.74 Å². The first kappa shape index (κ1) is 21.4. The molecule has 0 heterocycles. The van der Waals surface area contributed by atoms with Gasteiger partial charge in [0.05, 0.1) is 5.56 Å². The van der Waals surface area contributed by atoms with Gasteiger partial charge < -0.3 is 10.1 Å². The van der Waals surface area contributed by atoms with Crippen LogP contribution >= 0.6 is 0 Å². The summed E-state index contributed by atoms with van der Waals surface area (Å²) in [5, 5.41) is 3.09. The van der Waals surface area contributed by atoms with E-state index in [2.05, 4.69) is 17.4 Å². The fourth-order valence-corrected chi connectivity index (χ4v) is 3.65. The highest BCUT2D eigenvalue weighted by molar-refractivity contribution is 6.01. The number of nitrogens with one attached hydrogen (secondary N) is 1. The monoisotopic (exact) mass is 421 g/mol. The van der Waals surface area contributed by atoms with Crippen molar-refractivity contribution in [1.82, 2.24) is 5.32 Å². The summed E-state index contributed by atoms with van der Waals surface area (Å²) in [6.45, 7) is 1.08. The third kappa shape index (κ3) is 5.86. The lowest BCUT2D eigenvalue weighted by atomic mass is 9.98. The van der Waals surface area contributed by atoms with Crippen LogP contribution in [0.4, 0.5) is 0 Å². The Bertz CT molecular complexity index is 1130. The lowest BCUT2D eigenvalue weighted by molar-refractivity contribution is 0.0953. The average molecular weight is 422 g/mol.